The van der Waals surface area contributed by atoms with E-state index in [1.807, 2.05) is 12.1 Å². The van der Waals surface area contributed by atoms with Gasteiger partial charge in [-0.25, -0.2) is 0 Å². The number of aromatic nitrogens is 1. The second-order valence-corrected chi connectivity index (χ2v) is 7.77. The van der Waals surface area contributed by atoms with Gasteiger partial charge in [0.1, 0.15) is 0 Å². The van der Waals surface area contributed by atoms with Gasteiger partial charge in [0.25, 0.3) is 0 Å². The normalized spacial score (nSPS) is 23.0. The first-order chi connectivity index (χ1) is 11.3. The van der Waals surface area contributed by atoms with Crippen LogP contribution >= 0.6 is 11.8 Å². The van der Waals surface area contributed by atoms with Crippen LogP contribution in [-0.2, 0) is 4.79 Å². The van der Waals surface area contributed by atoms with Gasteiger partial charge < -0.3 is 10.2 Å². The maximum Gasteiger partial charge on any atom is 0.230 e. The molecule has 126 valence electrons. The lowest BCUT2D eigenvalue weighted by Crippen LogP contribution is -2.36. The van der Waals surface area contributed by atoms with Gasteiger partial charge in [-0.2, -0.15) is 0 Å². The second-order valence-electron chi connectivity index (χ2n) is 6.72. The average molecular weight is 334 g/mol. The third-order valence-electron chi connectivity index (χ3n) is 5.02. The van der Waals surface area contributed by atoms with E-state index in [0.29, 0.717) is 11.7 Å². The molecule has 1 aromatic rings. The molecule has 0 bridgehead atoms. The number of pyridine rings is 1. The minimum atomic E-state index is 0.142. The highest BCUT2D eigenvalue weighted by molar-refractivity contribution is 8.00. The van der Waals surface area contributed by atoms with Crippen LogP contribution < -0.4 is 5.32 Å². The summed E-state index contributed by atoms with van der Waals surface area (Å²) in [4.78, 5) is 19.7. The Bertz CT molecular complexity index is 490. The molecule has 0 unspecified atom stereocenters. The second kappa shape index (κ2) is 8.69. The zero-order valence-electron chi connectivity index (χ0n) is 13.7. The summed E-state index contributed by atoms with van der Waals surface area (Å²) in [5, 5.41) is 3.12. The van der Waals surface area contributed by atoms with Crippen molar-refractivity contribution in [2.45, 2.75) is 49.5 Å². The lowest BCUT2D eigenvalue weighted by atomic mass is 9.94. The van der Waals surface area contributed by atoms with Gasteiger partial charge in [0, 0.05) is 36.4 Å². The van der Waals surface area contributed by atoms with Gasteiger partial charge in [0.2, 0.25) is 5.91 Å². The first-order valence-corrected chi connectivity index (χ1v) is 9.83. The number of likely N-dealkylation sites (tertiary alicyclic amines) is 1. The Balaban J connectivity index is 1.33. The number of thioether (sulfide) groups is 1. The summed E-state index contributed by atoms with van der Waals surface area (Å²) < 4.78 is 0. The Labute approximate surface area is 143 Å². The van der Waals surface area contributed by atoms with Crippen LogP contribution in [-0.4, -0.2) is 47.2 Å². The third-order valence-corrected chi connectivity index (χ3v) is 6.03. The van der Waals surface area contributed by atoms with Gasteiger partial charge >= 0.3 is 0 Å². The molecule has 1 atom stereocenters. The first kappa shape index (κ1) is 16.8. The number of nitrogens with zero attached hydrogens (tertiary/aromatic N) is 2. The van der Waals surface area contributed by atoms with Crippen molar-refractivity contribution >= 4 is 17.7 Å². The van der Waals surface area contributed by atoms with Crippen LogP contribution in [0.1, 0.15) is 38.5 Å². The zero-order valence-corrected chi connectivity index (χ0v) is 14.6. The number of carbonyl (C=O) groups excluding carboxylic acids is 1. The molecule has 1 saturated heterocycles. The van der Waals surface area contributed by atoms with Crippen LogP contribution in [0.25, 0.3) is 0 Å². The van der Waals surface area contributed by atoms with Gasteiger partial charge in [-0.15, -0.1) is 11.8 Å². The van der Waals surface area contributed by atoms with Crippen molar-refractivity contribution in [1.82, 2.24) is 15.2 Å². The monoisotopic (exact) mass is 333 g/mol. The molecule has 3 rings (SSSR count). The fourth-order valence-electron chi connectivity index (χ4n) is 3.70. The third kappa shape index (κ3) is 5.21. The molecule has 0 aromatic carbocycles. The van der Waals surface area contributed by atoms with Crippen molar-refractivity contribution in [1.29, 1.82) is 0 Å². The van der Waals surface area contributed by atoms with Crippen molar-refractivity contribution in [3.05, 3.63) is 24.5 Å². The standard InChI is InChI=1S/C18H27N3OS/c22-18(14-23-17-6-9-19-10-7-17)20-12-15-8-11-21(13-15)16-4-2-1-3-5-16/h6-7,9-10,15-16H,1-5,8,11-14H2,(H,20,22)/t15-/m1/s1. The highest BCUT2D eigenvalue weighted by Crippen LogP contribution is 2.27. The van der Waals surface area contributed by atoms with E-state index in [4.69, 9.17) is 0 Å². The van der Waals surface area contributed by atoms with Crippen LogP contribution in [0, 0.1) is 5.92 Å². The zero-order chi connectivity index (χ0) is 15.9. The minimum Gasteiger partial charge on any atom is -0.355 e. The molecule has 1 aliphatic heterocycles. The Morgan fingerprint density at radius 3 is 2.78 bits per heavy atom. The van der Waals surface area contributed by atoms with Crippen LogP contribution in [0.5, 0.6) is 0 Å². The van der Waals surface area contributed by atoms with Gasteiger partial charge in [-0.3, -0.25) is 9.78 Å². The Morgan fingerprint density at radius 1 is 1.22 bits per heavy atom. The smallest absolute Gasteiger partial charge is 0.230 e. The van der Waals surface area contributed by atoms with Gasteiger partial charge in [-0.1, -0.05) is 19.3 Å². The van der Waals surface area contributed by atoms with Crippen LogP contribution in [0.15, 0.2) is 29.4 Å². The molecule has 4 nitrogen and oxygen atoms in total. The Kier molecular flexibility index (Phi) is 6.34. The molecule has 1 N–H and O–H groups in total. The van der Waals surface area contributed by atoms with E-state index in [1.54, 1.807) is 24.2 Å². The molecule has 1 aliphatic carbocycles. The van der Waals surface area contributed by atoms with E-state index in [0.717, 1.165) is 17.5 Å². The number of nitrogens with one attached hydrogen (secondary N) is 1. The molecule has 0 radical (unpaired) electrons. The summed E-state index contributed by atoms with van der Waals surface area (Å²) in [6.07, 6.45) is 11.7. The molecule has 2 heterocycles. The molecular weight excluding hydrogens is 306 g/mol. The van der Waals surface area contributed by atoms with E-state index in [9.17, 15) is 4.79 Å². The van der Waals surface area contributed by atoms with Crippen molar-refractivity contribution in [3.8, 4) is 0 Å². The van der Waals surface area contributed by atoms with Gasteiger partial charge in [0.05, 0.1) is 5.75 Å². The van der Waals surface area contributed by atoms with Crippen molar-refractivity contribution in [3.63, 3.8) is 0 Å². The quantitative estimate of drug-likeness (QED) is 0.813. The highest BCUT2D eigenvalue weighted by Gasteiger charge is 2.29. The van der Waals surface area contributed by atoms with Gasteiger partial charge in [-0.05, 0) is 43.9 Å². The number of amides is 1. The average Bonchev–Trinajstić information content (AvgIpc) is 3.09. The molecule has 2 aliphatic rings. The molecule has 1 amide bonds. The maximum atomic E-state index is 12.0. The van der Waals surface area contributed by atoms with Crippen molar-refractivity contribution < 1.29 is 4.79 Å². The van der Waals surface area contributed by atoms with Crippen molar-refractivity contribution in [2.75, 3.05) is 25.4 Å². The van der Waals surface area contributed by atoms with E-state index in [-0.39, 0.29) is 5.91 Å². The lowest BCUT2D eigenvalue weighted by molar-refractivity contribution is -0.118. The van der Waals surface area contributed by atoms with Crippen LogP contribution in [0.2, 0.25) is 0 Å². The number of rotatable bonds is 6. The SMILES string of the molecule is O=C(CSc1ccncc1)NC[C@H]1CCN(C2CCCCC2)C1. The summed E-state index contributed by atoms with van der Waals surface area (Å²) in [5.74, 6) is 1.26. The Hall–Kier alpha value is -1.07. The topological polar surface area (TPSA) is 45.2 Å². The summed E-state index contributed by atoms with van der Waals surface area (Å²) in [5.41, 5.74) is 0. The van der Waals surface area contributed by atoms with Gasteiger partial charge in [0.15, 0.2) is 0 Å². The molecule has 0 spiro atoms. The van der Waals surface area contributed by atoms with Crippen LogP contribution in [0.4, 0.5) is 0 Å². The largest absolute Gasteiger partial charge is 0.355 e. The molecular formula is C18H27N3OS. The number of hydrogen-bond acceptors (Lipinski definition) is 4. The first-order valence-electron chi connectivity index (χ1n) is 8.85. The van der Waals surface area contributed by atoms with E-state index < -0.39 is 0 Å². The summed E-state index contributed by atoms with van der Waals surface area (Å²) in [6.45, 7) is 3.22. The molecule has 23 heavy (non-hydrogen) atoms. The van der Waals surface area contributed by atoms with E-state index in [1.165, 1.54) is 51.6 Å². The predicted octanol–water partition coefficient (Wildman–Crippen LogP) is 2.94. The highest BCUT2D eigenvalue weighted by atomic mass is 32.2. The fourth-order valence-corrected chi connectivity index (χ4v) is 4.41. The molecule has 2 fully saturated rings. The van der Waals surface area contributed by atoms with E-state index >= 15 is 0 Å². The number of carbonyl (C=O) groups is 1. The molecule has 1 saturated carbocycles. The summed E-state index contributed by atoms with van der Waals surface area (Å²) >= 11 is 1.57. The molecule has 1 aromatic heterocycles. The van der Waals surface area contributed by atoms with Crippen LogP contribution in [0.3, 0.4) is 0 Å². The fraction of sp³-hybridized carbons (Fsp3) is 0.667. The molecule has 5 heteroatoms. The Morgan fingerprint density at radius 2 is 2.00 bits per heavy atom. The minimum absolute atomic E-state index is 0.142. The predicted molar refractivity (Wildman–Crippen MR) is 94.5 cm³/mol. The van der Waals surface area contributed by atoms with E-state index in [2.05, 4.69) is 15.2 Å². The summed E-state index contributed by atoms with van der Waals surface area (Å²) in [6, 6.07) is 4.69. The lowest BCUT2D eigenvalue weighted by Gasteiger charge is -2.31. The summed E-state index contributed by atoms with van der Waals surface area (Å²) in [7, 11) is 0. The maximum absolute atomic E-state index is 12.0. The van der Waals surface area contributed by atoms with Crippen molar-refractivity contribution in [2.24, 2.45) is 5.92 Å². The number of hydrogen-bond donors (Lipinski definition) is 1.